The number of rotatable bonds is 5. The van der Waals surface area contributed by atoms with Crippen molar-refractivity contribution < 1.29 is 31.9 Å². The third-order valence-electron chi connectivity index (χ3n) is 3.87. The summed E-state index contributed by atoms with van der Waals surface area (Å²) in [5.41, 5.74) is -0.310. The maximum atomic E-state index is 13.8. The summed E-state index contributed by atoms with van der Waals surface area (Å²) < 4.78 is 46.3. The molecule has 1 saturated heterocycles. The van der Waals surface area contributed by atoms with Crippen molar-refractivity contribution in [3.8, 4) is 5.75 Å². The maximum absolute atomic E-state index is 13.8. The van der Waals surface area contributed by atoms with Gasteiger partial charge in [0.1, 0.15) is 11.6 Å². The molecule has 0 spiro atoms. The van der Waals surface area contributed by atoms with Crippen LogP contribution < -0.4 is 4.74 Å². The number of carbonyl (C=O) groups is 2. The van der Waals surface area contributed by atoms with Crippen LogP contribution in [0.4, 0.5) is 4.39 Å². The summed E-state index contributed by atoms with van der Waals surface area (Å²) in [7, 11) is -0.304. The van der Waals surface area contributed by atoms with E-state index in [2.05, 4.69) is 0 Å². The van der Waals surface area contributed by atoms with Gasteiger partial charge >= 0.3 is 5.97 Å². The second-order valence-electron chi connectivity index (χ2n) is 5.48. The van der Waals surface area contributed by atoms with Gasteiger partial charge in [0, 0.05) is 19.2 Å². The van der Waals surface area contributed by atoms with E-state index in [-0.39, 0.29) is 22.8 Å². The minimum Gasteiger partial charge on any atom is -0.497 e. The molecule has 132 valence electrons. The molecular formula is C15H18FNO6S. The first kappa shape index (κ1) is 18.2. The van der Waals surface area contributed by atoms with Crippen molar-refractivity contribution in [1.29, 1.82) is 0 Å². The van der Waals surface area contributed by atoms with Crippen LogP contribution in [-0.2, 0) is 19.4 Å². The Hall–Kier alpha value is -2.16. The largest absolute Gasteiger partial charge is 0.497 e. The fraction of sp³-hybridized carbons (Fsp3) is 0.467. The van der Waals surface area contributed by atoms with E-state index >= 15 is 0 Å². The Morgan fingerprint density at radius 2 is 2.08 bits per heavy atom. The molecule has 1 heterocycles. The van der Waals surface area contributed by atoms with E-state index < -0.39 is 40.2 Å². The van der Waals surface area contributed by atoms with Crippen molar-refractivity contribution >= 4 is 21.7 Å². The first-order chi connectivity index (χ1) is 11.2. The number of methoxy groups -OCH3 is 1. The minimum atomic E-state index is -3.12. The van der Waals surface area contributed by atoms with E-state index in [9.17, 15) is 22.4 Å². The number of esters is 1. The molecule has 0 aromatic heterocycles. The molecule has 0 saturated carbocycles. The van der Waals surface area contributed by atoms with Gasteiger partial charge in [0.15, 0.2) is 16.4 Å². The number of carbonyl (C=O) groups excluding carboxylic acids is 2. The van der Waals surface area contributed by atoms with E-state index in [1.807, 2.05) is 0 Å². The topological polar surface area (TPSA) is 90.0 Å². The first-order valence-corrected chi connectivity index (χ1v) is 9.02. The van der Waals surface area contributed by atoms with Crippen LogP contribution in [-0.4, -0.2) is 63.5 Å². The Bertz CT molecular complexity index is 748. The normalized spacial score (nSPS) is 18.9. The summed E-state index contributed by atoms with van der Waals surface area (Å²) in [6.07, 6.45) is 0.353. The Labute approximate surface area is 139 Å². The molecule has 0 radical (unpaired) electrons. The molecule has 0 N–H and O–H groups in total. The van der Waals surface area contributed by atoms with E-state index in [1.165, 1.54) is 31.2 Å². The molecule has 1 aliphatic heterocycles. The molecule has 1 aromatic carbocycles. The van der Waals surface area contributed by atoms with Gasteiger partial charge in [-0.15, -0.1) is 0 Å². The van der Waals surface area contributed by atoms with Crippen LogP contribution >= 0.6 is 0 Å². The number of hydrogen-bond donors (Lipinski definition) is 0. The smallest absolute Gasteiger partial charge is 0.341 e. The third-order valence-corrected chi connectivity index (χ3v) is 5.62. The Balaban J connectivity index is 1.93. The SMILES string of the molecule is COc1ccc(C(=O)OCC(=O)N(C)[C@@H]2CCS(=O)(=O)C2)c(F)c1. The zero-order chi connectivity index (χ0) is 17.9. The highest BCUT2D eigenvalue weighted by atomic mass is 32.2. The van der Waals surface area contributed by atoms with Crippen molar-refractivity contribution in [2.24, 2.45) is 0 Å². The number of benzene rings is 1. The van der Waals surface area contributed by atoms with Crippen LogP contribution in [0.3, 0.4) is 0 Å². The average molecular weight is 359 g/mol. The molecule has 2 rings (SSSR count). The lowest BCUT2D eigenvalue weighted by atomic mass is 10.2. The third kappa shape index (κ3) is 4.22. The summed E-state index contributed by atoms with van der Waals surface area (Å²) in [4.78, 5) is 25.1. The zero-order valence-electron chi connectivity index (χ0n) is 13.3. The molecule has 0 unspecified atom stereocenters. The van der Waals surface area contributed by atoms with Gasteiger partial charge in [0.2, 0.25) is 0 Å². The summed E-state index contributed by atoms with van der Waals surface area (Å²) in [6.45, 7) is -0.586. The van der Waals surface area contributed by atoms with Crippen LogP contribution in [0.1, 0.15) is 16.8 Å². The van der Waals surface area contributed by atoms with Gasteiger partial charge in [-0.25, -0.2) is 17.6 Å². The minimum absolute atomic E-state index is 0.0339. The number of sulfone groups is 1. The van der Waals surface area contributed by atoms with Gasteiger partial charge in [-0.3, -0.25) is 4.79 Å². The van der Waals surface area contributed by atoms with E-state index in [0.717, 1.165) is 6.07 Å². The zero-order valence-corrected chi connectivity index (χ0v) is 14.1. The van der Waals surface area contributed by atoms with Crippen LogP contribution in [0.25, 0.3) is 0 Å². The Kier molecular flexibility index (Phi) is 5.43. The second-order valence-corrected chi connectivity index (χ2v) is 7.71. The van der Waals surface area contributed by atoms with Crippen molar-refractivity contribution in [3.63, 3.8) is 0 Å². The molecule has 1 aromatic rings. The van der Waals surface area contributed by atoms with Crippen LogP contribution in [0, 0.1) is 5.82 Å². The predicted octanol–water partition coefficient (Wildman–Crippen LogP) is 0.637. The molecule has 1 fully saturated rings. The number of ether oxygens (including phenoxy) is 2. The molecule has 1 aliphatic rings. The Morgan fingerprint density at radius 3 is 2.62 bits per heavy atom. The predicted molar refractivity (Wildman–Crippen MR) is 83.1 cm³/mol. The molecule has 1 amide bonds. The standard InChI is InChI=1S/C15H18FNO6S/c1-17(10-5-6-24(20,21)9-10)14(18)8-23-15(19)12-4-3-11(22-2)7-13(12)16/h3-4,7,10H,5-6,8-9H2,1-2H3/t10-/m1/s1. The lowest BCUT2D eigenvalue weighted by molar-refractivity contribution is -0.134. The van der Waals surface area contributed by atoms with Gasteiger partial charge in [-0.1, -0.05) is 0 Å². The monoisotopic (exact) mass is 359 g/mol. The molecule has 9 heteroatoms. The number of likely N-dealkylation sites (N-methyl/N-ethyl adjacent to an activating group) is 1. The maximum Gasteiger partial charge on any atom is 0.341 e. The van der Waals surface area contributed by atoms with Crippen LogP contribution in [0.5, 0.6) is 5.75 Å². The van der Waals surface area contributed by atoms with Gasteiger partial charge in [-0.05, 0) is 18.6 Å². The number of hydrogen-bond acceptors (Lipinski definition) is 6. The summed E-state index contributed by atoms with van der Waals surface area (Å²) in [6, 6.07) is 3.21. The lowest BCUT2D eigenvalue weighted by Crippen LogP contribution is -2.40. The highest BCUT2D eigenvalue weighted by molar-refractivity contribution is 7.91. The van der Waals surface area contributed by atoms with E-state index in [1.54, 1.807) is 0 Å². The van der Waals surface area contributed by atoms with Gasteiger partial charge in [-0.2, -0.15) is 0 Å². The lowest BCUT2D eigenvalue weighted by Gasteiger charge is -2.23. The Morgan fingerprint density at radius 1 is 1.38 bits per heavy atom. The summed E-state index contributed by atoms with van der Waals surface area (Å²) >= 11 is 0. The quantitative estimate of drug-likeness (QED) is 0.717. The fourth-order valence-corrected chi connectivity index (χ4v) is 4.15. The van der Waals surface area contributed by atoms with Gasteiger partial charge in [0.05, 0.1) is 24.2 Å². The molecule has 7 nitrogen and oxygen atoms in total. The van der Waals surface area contributed by atoms with Crippen molar-refractivity contribution in [2.75, 3.05) is 32.3 Å². The number of nitrogens with zero attached hydrogens (tertiary/aromatic N) is 1. The van der Waals surface area contributed by atoms with Crippen LogP contribution in [0.2, 0.25) is 0 Å². The van der Waals surface area contributed by atoms with E-state index in [0.29, 0.717) is 6.42 Å². The van der Waals surface area contributed by atoms with Crippen molar-refractivity contribution in [2.45, 2.75) is 12.5 Å². The molecule has 1 atom stereocenters. The number of halogens is 1. The van der Waals surface area contributed by atoms with Gasteiger partial charge in [0.25, 0.3) is 5.91 Å². The van der Waals surface area contributed by atoms with Crippen molar-refractivity contribution in [3.05, 3.63) is 29.6 Å². The molecular weight excluding hydrogens is 341 g/mol. The second kappa shape index (κ2) is 7.16. The first-order valence-electron chi connectivity index (χ1n) is 7.20. The summed E-state index contributed by atoms with van der Waals surface area (Å²) in [5, 5.41) is 0. The van der Waals surface area contributed by atoms with E-state index in [4.69, 9.17) is 9.47 Å². The highest BCUT2D eigenvalue weighted by Gasteiger charge is 2.33. The number of amides is 1. The molecule has 24 heavy (non-hydrogen) atoms. The van der Waals surface area contributed by atoms with Gasteiger partial charge < -0.3 is 14.4 Å². The van der Waals surface area contributed by atoms with Crippen LogP contribution in [0.15, 0.2) is 18.2 Å². The van der Waals surface area contributed by atoms with Crippen molar-refractivity contribution in [1.82, 2.24) is 4.90 Å². The summed E-state index contributed by atoms with van der Waals surface area (Å²) in [5.74, 6) is -2.15. The highest BCUT2D eigenvalue weighted by Crippen LogP contribution is 2.18. The fourth-order valence-electron chi connectivity index (χ4n) is 2.38. The average Bonchev–Trinajstić information content (AvgIpc) is 2.91. The molecule has 0 bridgehead atoms. The molecule has 0 aliphatic carbocycles.